The van der Waals surface area contributed by atoms with Crippen LogP contribution in [0.25, 0.3) is 16.2 Å². The number of carbonyl (C=O) groups is 1. The monoisotopic (exact) mass is 382 g/mol. The van der Waals surface area contributed by atoms with Gasteiger partial charge in [-0.15, -0.1) is 11.3 Å². The molecule has 136 valence electrons. The maximum Gasteiger partial charge on any atom is 0.435 e. The largest absolute Gasteiger partial charge is 0.489 e. The minimum Gasteiger partial charge on any atom is -0.489 e. The fraction of sp³-hybridized carbons (Fsp3) is 0.176. The lowest BCUT2D eigenvalue weighted by Gasteiger charge is -2.08. The number of alkyl halides is 3. The van der Waals surface area contributed by atoms with Crippen molar-refractivity contribution in [3.05, 3.63) is 53.2 Å². The van der Waals surface area contributed by atoms with Gasteiger partial charge in [-0.1, -0.05) is 6.58 Å². The van der Waals surface area contributed by atoms with Crippen molar-refractivity contribution >= 4 is 22.3 Å². The molecule has 0 bridgehead atoms. The summed E-state index contributed by atoms with van der Waals surface area (Å²) in [5.41, 5.74) is -0.590. The number of ether oxygens (including phenoxy) is 1. The molecule has 0 aliphatic heterocycles. The van der Waals surface area contributed by atoms with E-state index in [1.54, 1.807) is 29.6 Å². The van der Waals surface area contributed by atoms with Gasteiger partial charge in [0.1, 0.15) is 12.4 Å². The van der Waals surface area contributed by atoms with Gasteiger partial charge in [0.15, 0.2) is 16.3 Å². The number of carboxylic acid groups (broad SMARTS) is 1. The van der Waals surface area contributed by atoms with Crippen LogP contribution < -0.4 is 4.74 Å². The Balaban J connectivity index is 2.07. The third kappa shape index (κ3) is 3.30. The molecule has 26 heavy (non-hydrogen) atoms. The van der Waals surface area contributed by atoms with Gasteiger partial charge >= 0.3 is 12.1 Å². The number of aromatic nitrogens is 2. The van der Waals surface area contributed by atoms with Crippen LogP contribution in [0.3, 0.4) is 0 Å². The maximum atomic E-state index is 13.1. The highest BCUT2D eigenvalue weighted by atomic mass is 32.1. The third-order valence-corrected chi connectivity index (χ3v) is 4.30. The first-order valence-corrected chi connectivity index (χ1v) is 8.24. The molecular weight excluding hydrogens is 369 g/mol. The van der Waals surface area contributed by atoms with Crippen molar-refractivity contribution in [2.24, 2.45) is 0 Å². The number of imidazole rings is 1. The summed E-state index contributed by atoms with van der Waals surface area (Å²) >= 11 is 0.941. The molecule has 0 atom stereocenters. The Morgan fingerprint density at radius 2 is 2.00 bits per heavy atom. The van der Waals surface area contributed by atoms with Crippen molar-refractivity contribution in [3.63, 3.8) is 0 Å². The second-order valence-corrected chi connectivity index (χ2v) is 6.46. The fourth-order valence-corrected chi connectivity index (χ4v) is 3.28. The first-order valence-electron chi connectivity index (χ1n) is 7.36. The molecule has 1 N–H and O–H groups in total. The number of halogens is 3. The molecule has 1 aromatic carbocycles. The number of thiazole rings is 1. The molecule has 0 spiro atoms. The minimum absolute atomic E-state index is 0.0349. The van der Waals surface area contributed by atoms with E-state index < -0.39 is 23.5 Å². The lowest BCUT2D eigenvalue weighted by Crippen LogP contribution is -2.14. The van der Waals surface area contributed by atoms with E-state index in [0.717, 1.165) is 21.3 Å². The van der Waals surface area contributed by atoms with Gasteiger partial charge in [-0.2, -0.15) is 13.2 Å². The number of carboxylic acids is 1. The van der Waals surface area contributed by atoms with Crippen LogP contribution in [0.1, 0.15) is 23.1 Å². The predicted octanol–water partition coefficient (Wildman–Crippen LogP) is 4.73. The maximum absolute atomic E-state index is 13.1. The number of nitrogens with zero attached hydrogens (tertiary/aromatic N) is 2. The highest BCUT2D eigenvalue weighted by Crippen LogP contribution is 2.36. The lowest BCUT2D eigenvalue weighted by atomic mass is 10.1. The Kier molecular flexibility index (Phi) is 4.49. The van der Waals surface area contributed by atoms with E-state index in [4.69, 9.17) is 4.74 Å². The van der Waals surface area contributed by atoms with Crippen molar-refractivity contribution in [1.82, 2.24) is 9.38 Å². The van der Waals surface area contributed by atoms with Crippen LogP contribution in [0.2, 0.25) is 0 Å². The minimum atomic E-state index is -4.85. The van der Waals surface area contributed by atoms with Gasteiger partial charge in [0.05, 0.1) is 5.69 Å². The standard InChI is InChI=1S/C17H13F3N2O3S/c1-9(2)7-25-11-5-3-10(4-6-11)12-8-26-16-21-14(17(18,19)20)13(15(23)24)22(12)16/h3-6,8H,1,7H2,2H3,(H,23,24). The van der Waals surface area contributed by atoms with Crippen molar-refractivity contribution in [2.75, 3.05) is 6.61 Å². The number of fused-ring (bicyclic) bond motifs is 1. The van der Waals surface area contributed by atoms with E-state index in [1.807, 2.05) is 6.92 Å². The molecule has 0 aliphatic carbocycles. The Labute approximate surface area is 150 Å². The second kappa shape index (κ2) is 6.49. The topological polar surface area (TPSA) is 63.8 Å². The Morgan fingerprint density at radius 3 is 2.54 bits per heavy atom. The number of aromatic carboxylic acids is 1. The number of benzene rings is 1. The van der Waals surface area contributed by atoms with E-state index >= 15 is 0 Å². The normalized spacial score (nSPS) is 11.7. The molecule has 0 radical (unpaired) electrons. The Morgan fingerprint density at radius 1 is 1.35 bits per heavy atom. The molecule has 0 saturated carbocycles. The first kappa shape index (κ1) is 18.0. The number of rotatable bonds is 5. The van der Waals surface area contributed by atoms with Crippen LogP contribution in [-0.2, 0) is 6.18 Å². The van der Waals surface area contributed by atoms with Gasteiger partial charge in [0.25, 0.3) is 0 Å². The van der Waals surface area contributed by atoms with E-state index in [1.165, 1.54) is 0 Å². The molecule has 5 nitrogen and oxygen atoms in total. The van der Waals surface area contributed by atoms with Crippen LogP contribution in [0.4, 0.5) is 13.2 Å². The summed E-state index contributed by atoms with van der Waals surface area (Å²) in [6.07, 6.45) is -4.85. The van der Waals surface area contributed by atoms with Crippen LogP contribution in [0, 0.1) is 0 Å². The SMILES string of the molecule is C=C(C)COc1ccc(-c2csc3nc(C(F)(F)F)c(C(=O)O)n23)cc1. The summed E-state index contributed by atoms with van der Waals surface area (Å²) < 4.78 is 45.8. The molecular formula is C17H13F3N2O3S. The van der Waals surface area contributed by atoms with Crippen LogP contribution in [0.15, 0.2) is 41.8 Å². The average molecular weight is 382 g/mol. The molecule has 0 saturated heterocycles. The summed E-state index contributed by atoms with van der Waals surface area (Å²) in [5, 5.41) is 10.9. The summed E-state index contributed by atoms with van der Waals surface area (Å²) in [5.74, 6) is -1.12. The summed E-state index contributed by atoms with van der Waals surface area (Å²) in [6.45, 7) is 5.90. The zero-order chi connectivity index (χ0) is 19.1. The summed E-state index contributed by atoms with van der Waals surface area (Å²) in [6, 6.07) is 6.61. The van der Waals surface area contributed by atoms with Gasteiger partial charge < -0.3 is 9.84 Å². The van der Waals surface area contributed by atoms with Gasteiger partial charge in [0.2, 0.25) is 0 Å². The van der Waals surface area contributed by atoms with E-state index in [2.05, 4.69) is 11.6 Å². The van der Waals surface area contributed by atoms with Gasteiger partial charge in [-0.05, 0) is 42.3 Å². The summed E-state index contributed by atoms with van der Waals surface area (Å²) in [4.78, 5) is 14.9. The molecule has 0 fully saturated rings. The molecule has 9 heteroatoms. The number of hydrogen-bond acceptors (Lipinski definition) is 4. The van der Waals surface area contributed by atoms with Gasteiger partial charge in [-0.25, -0.2) is 9.78 Å². The zero-order valence-electron chi connectivity index (χ0n) is 13.5. The second-order valence-electron chi connectivity index (χ2n) is 5.62. The van der Waals surface area contributed by atoms with E-state index in [-0.39, 0.29) is 4.96 Å². The predicted molar refractivity (Wildman–Crippen MR) is 90.8 cm³/mol. The Hall–Kier alpha value is -2.81. The van der Waals surface area contributed by atoms with Gasteiger partial charge in [-0.3, -0.25) is 4.40 Å². The van der Waals surface area contributed by atoms with Crippen molar-refractivity contribution < 1.29 is 27.8 Å². The lowest BCUT2D eigenvalue weighted by molar-refractivity contribution is -0.141. The van der Waals surface area contributed by atoms with Crippen LogP contribution in [-0.4, -0.2) is 27.1 Å². The summed E-state index contributed by atoms with van der Waals surface area (Å²) in [7, 11) is 0. The quantitative estimate of drug-likeness (QED) is 0.648. The van der Waals surface area contributed by atoms with Crippen molar-refractivity contribution in [1.29, 1.82) is 0 Å². The Bertz CT molecular complexity index is 987. The smallest absolute Gasteiger partial charge is 0.435 e. The zero-order valence-corrected chi connectivity index (χ0v) is 14.3. The van der Waals surface area contributed by atoms with Crippen LogP contribution >= 0.6 is 11.3 Å². The average Bonchev–Trinajstić information content (AvgIpc) is 3.11. The fourth-order valence-electron chi connectivity index (χ4n) is 2.38. The van der Waals surface area contributed by atoms with Crippen LogP contribution in [0.5, 0.6) is 5.75 Å². The third-order valence-electron chi connectivity index (χ3n) is 3.47. The molecule has 0 unspecified atom stereocenters. The highest BCUT2D eigenvalue weighted by molar-refractivity contribution is 7.15. The highest BCUT2D eigenvalue weighted by Gasteiger charge is 2.41. The molecule has 2 aromatic heterocycles. The van der Waals surface area contributed by atoms with Crippen molar-refractivity contribution in [2.45, 2.75) is 13.1 Å². The molecule has 3 rings (SSSR count). The van der Waals surface area contributed by atoms with Crippen molar-refractivity contribution in [3.8, 4) is 17.0 Å². The molecule has 0 aliphatic rings. The first-order chi connectivity index (χ1) is 12.2. The van der Waals surface area contributed by atoms with E-state index in [9.17, 15) is 23.1 Å². The molecule has 0 amide bonds. The molecule has 2 heterocycles. The van der Waals surface area contributed by atoms with Gasteiger partial charge in [0, 0.05) is 5.38 Å². The molecule has 3 aromatic rings. The van der Waals surface area contributed by atoms with E-state index in [0.29, 0.717) is 23.6 Å². The number of hydrogen-bond donors (Lipinski definition) is 1.